The first-order valence-electron chi connectivity index (χ1n) is 14.7. The third kappa shape index (κ3) is 7.71. The number of sulfonamides is 1. The lowest BCUT2D eigenvalue weighted by atomic mass is 9.82. The lowest BCUT2D eigenvalue weighted by Gasteiger charge is -2.37. The van der Waals surface area contributed by atoms with Gasteiger partial charge in [0, 0.05) is 12.6 Å². The smallest absolute Gasteiger partial charge is 0.411 e. The van der Waals surface area contributed by atoms with E-state index in [9.17, 15) is 23.1 Å². The summed E-state index contributed by atoms with van der Waals surface area (Å²) in [6.07, 6.45) is 3.01. The van der Waals surface area contributed by atoms with Crippen LogP contribution in [-0.4, -0.2) is 64.4 Å². The highest BCUT2D eigenvalue weighted by Gasteiger charge is 2.45. The van der Waals surface area contributed by atoms with E-state index in [4.69, 9.17) is 4.74 Å². The monoisotopic (exact) mass is 618 g/mol. The van der Waals surface area contributed by atoms with E-state index in [0.29, 0.717) is 30.0 Å². The van der Waals surface area contributed by atoms with Crippen molar-refractivity contribution in [3.05, 3.63) is 59.7 Å². The topological polar surface area (TPSA) is 138 Å². The van der Waals surface area contributed by atoms with Gasteiger partial charge in [-0.15, -0.1) is 0 Å². The summed E-state index contributed by atoms with van der Waals surface area (Å²) in [7, 11) is -3.93. The number of likely N-dealkylation sites (tertiary alicyclic amines) is 1. The summed E-state index contributed by atoms with van der Waals surface area (Å²) in [4.78, 5) is 31.9. The fourth-order valence-electron chi connectivity index (χ4n) is 5.09. The molecule has 2 fully saturated rings. The van der Waals surface area contributed by atoms with Gasteiger partial charge in [0.2, 0.25) is 15.9 Å². The molecule has 3 atom stereocenters. The first-order valence-corrected chi connectivity index (χ1v) is 16.1. The molecule has 1 saturated carbocycles. The number of nitrogens with one attached hydrogen (secondary N) is 2. The van der Waals surface area contributed by atoms with Crippen LogP contribution in [0.2, 0.25) is 0 Å². The van der Waals surface area contributed by atoms with E-state index in [1.54, 1.807) is 65.9 Å². The average molecular weight is 619 g/mol. The predicted octanol–water partition coefficient (Wildman–Crippen LogP) is 4.68. The minimum absolute atomic E-state index is 0.0446. The predicted molar refractivity (Wildman–Crippen MR) is 161 cm³/mol. The van der Waals surface area contributed by atoms with Gasteiger partial charge >= 0.3 is 6.09 Å². The van der Waals surface area contributed by atoms with E-state index < -0.39 is 55.9 Å². The Kier molecular flexibility index (Phi) is 9.25. The third-order valence-electron chi connectivity index (χ3n) is 7.77. The number of halogens is 1. The summed E-state index contributed by atoms with van der Waals surface area (Å²) in [5, 5.41) is 12.9. The molecule has 1 unspecified atom stereocenters. The number of carbonyl (C=O) groups is 2. The fourth-order valence-corrected chi connectivity index (χ4v) is 6.18. The SMILES string of the molecule is CC(C)(C)OC(=O)N1C[C@H](O)C[C@@H]1C(=O)Nc1cc(C(CCC2CC2)(NS(=O)(=O)C(C)(C)C)c2ccccn2)ccc1F. The van der Waals surface area contributed by atoms with Crippen molar-refractivity contribution in [1.82, 2.24) is 14.6 Å². The Hall–Kier alpha value is -3.09. The molecule has 0 spiro atoms. The number of rotatable bonds is 9. The van der Waals surface area contributed by atoms with Gasteiger partial charge in [-0.2, -0.15) is 4.72 Å². The number of carbonyl (C=O) groups excluding carboxylic acids is 2. The number of nitrogens with zero attached hydrogens (tertiary/aromatic N) is 2. The van der Waals surface area contributed by atoms with Gasteiger partial charge < -0.3 is 15.2 Å². The van der Waals surface area contributed by atoms with Gasteiger partial charge in [-0.05, 0) is 90.1 Å². The summed E-state index contributed by atoms with van der Waals surface area (Å²) in [6.45, 7) is 9.77. The van der Waals surface area contributed by atoms with Crippen LogP contribution in [0.5, 0.6) is 0 Å². The van der Waals surface area contributed by atoms with E-state index in [-0.39, 0.29) is 18.7 Å². The first-order chi connectivity index (χ1) is 19.9. The number of benzene rings is 1. The number of aliphatic hydroxyl groups excluding tert-OH is 1. The molecule has 2 aromatic rings. The molecule has 236 valence electrons. The van der Waals surface area contributed by atoms with Crippen LogP contribution in [0.25, 0.3) is 0 Å². The minimum Gasteiger partial charge on any atom is -0.444 e. The Morgan fingerprint density at radius 1 is 1.12 bits per heavy atom. The largest absolute Gasteiger partial charge is 0.444 e. The molecule has 43 heavy (non-hydrogen) atoms. The third-order valence-corrected chi connectivity index (χ3v) is 10.00. The van der Waals surface area contributed by atoms with Crippen LogP contribution in [0.15, 0.2) is 42.6 Å². The van der Waals surface area contributed by atoms with Crippen LogP contribution in [-0.2, 0) is 25.1 Å². The van der Waals surface area contributed by atoms with Crippen molar-refractivity contribution >= 4 is 27.7 Å². The molecule has 2 aliphatic rings. The van der Waals surface area contributed by atoms with Gasteiger partial charge in [-0.1, -0.05) is 25.0 Å². The Labute approximate surface area is 253 Å². The minimum atomic E-state index is -3.93. The maximum atomic E-state index is 15.3. The second-order valence-electron chi connectivity index (χ2n) is 13.5. The summed E-state index contributed by atoms with van der Waals surface area (Å²) >= 11 is 0. The van der Waals surface area contributed by atoms with Crippen molar-refractivity contribution in [3.8, 4) is 0 Å². The Balaban J connectivity index is 1.74. The number of anilines is 1. The average Bonchev–Trinajstić information content (AvgIpc) is 3.65. The molecule has 1 aliphatic heterocycles. The second kappa shape index (κ2) is 12.1. The molecule has 0 bridgehead atoms. The molecule has 4 rings (SSSR count). The molecular weight excluding hydrogens is 575 g/mol. The van der Waals surface area contributed by atoms with Gasteiger partial charge in [-0.3, -0.25) is 14.7 Å². The number of β-amino-alcohol motifs (C(OH)–C–C–N with tert-alkyl or cyclic N) is 1. The van der Waals surface area contributed by atoms with Crippen molar-refractivity contribution in [2.24, 2.45) is 5.92 Å². The van der Waals surface area contributed by atoms with Crippen molar-refractivity contribution in [1.29, 1.82) is 0 Å². The molecule has 2 amide bonds. The number of hydrogen-bond donors (Lipinski definition) is 3. The number of aliphatic hydroxyl groups is 1. The highest BCUT2D eigenvalue weighted by molar-refractivity contribution is 7.90. The molecule has 1 aliphatic carbocycles. The van der Waals surface area contributed by atoms with Gasteiger partial charge in [0.15, 0.2) is 0 Å². The van der Waals surface area contributed by atoms with Gasteiger partial charge in [0.1, 0.15) is 17.5 Å². The molecule has 10 nitrogen and oxygen atoms in total. The highest BCUT2D eigenvalue weighted by atomic mass is 32.2. The van der Waals surface area contributed by atoms with Crippen LogP contribution >= 0.6 is 0 Å². The molecule has 1 aromatic heterocycles. The highest BCUT2D eigenvalue weighted by Crippen LogP contribution is 2.42. The molecule has 1 saturated heterocycles. The van der Waals surface area contributed by atoms with Crippen molar-refractivity contribution in [3.63, 3.8) is 0 Å². The van der Waals surface area contributed by atoms with Crippen LogP contribution in [0, 0.1) is 11.7 Å². The lowest BCUT2D eigenvalue weighted by molar-refractivity contribution is -0.120. The van der Waals surface area contributed by atoms with Crippen LogP contribution < -0.4 is 10.0 Å². The quantitative estimate of drug-likeness (QED) is 0.371. The molecule has 1 aromatic carbocycles. The summed E-state index contributed by atoms with van der Waals surface area (Å²) in [5.74, 6) is -0.986. The molecule has 3 N–H and O–H groups in total. The maximum absolute atomic E-state index is 15.3. The van der Waals surface area contributed by atoms with Crippen LogP contribution in [0.4, 0.5) is 14.9 Å². The first kappa shape index (κ1) is 32.8. The number of amides is 2. The zero-order chi connectivity index (χ0) is 31.8. The normalized spacial score (nSPS) is 20.9. The molecule has 12 heteroatoms. The Morgan fingerprint density at radius 2 is 1.81 bits per heavy atom. The van der Waals surface area contributed by atoms with Crippen molar-refractivity contribution in [2.75, 3.05) is 11.9 Å². The van der Waals surface area contributed by atoms with E-state index in [1.165, 1.54) is 18.2 Å². The van der Waals surface area contributed by atoms with Crippen molar-refractivity contribution < 1.29 is 32.2 Å². The molecule has 0 radical (unpaired) electrons. The number of aromatic nitrogens is 1. The summed E-state index contributed by atoms with van der Waals surface area (Å²) < 4.78 is 49.8. The van der Waals surface area contributed by atoms with Crippen LogP contribution in [0.3, 0.4) is 0 Å². The van der Waals surface area contributed by atoms with E-state index in [1.807, 2.05) is 0 Å². The number of pyridine rings is 1. The van der Waals surface area contributed by atoms with E-state index >= 15 is 4.39 Å². The lowest BCUT2D eigenvalue weighted by Crippen LogP contribution is -2.52. The standard InChI is InChI=1S/C31H43FN4O6S/c1-29(2,3)42-28(39)36-19-22(37)18-25(36)27(38)34-24-17-21(12-13-23(24)32)31(15-14-20-10-11-20,26-9-7-8-16-33-26)35-43(40,41)30(4,5)6/h7-9,12-13,16-17,20,22,25,35,37H,10-11,14-15,18-19H2,1-6H3,(H,34,38)/t22-,25-,31?/m1/s1. The van der Waals surface area contributed by atoms with Crippen LogP contribution in [0.1, 0.15) is 84.9 Å². The van der Waals surface area contributed by atoms with E-state index in [0.717, 1.165) is 17.7 Å². The van der Waals surface area contributed by atoms with Gasteiger partial charge in [0.05, 0.1) is 34.3 Å². The Bertz CT molecular complexity index is 1440. The summed E-state index contributed by atoms with van der Waals surface area (Å²) in [6, 6.07) is 8.24. The second-order valence-corrected chi connectivity index (χ2v) is 16.0. The zero-order valence-electron chi connectivity index (χ0n) is 25.7. The maximum Gasteiger partial charge on any atom is 0.411 e. The van der Waals surface area contributed by atoms with Crippen molar-refractivity contribution in [2.45, 2.75) is 102 Å². The fraction of sp³-hybridized carbons (Fsp3) is 0.581. The zero-order valence-corrected chi connectivity index (χ0v) is 26.5. The molecule has 2 heterocycles. The van der Waals surface area contributed by atoms with E-state index in [2.05, 4.69) is 15.0 Å². The number of ether oxygens (including phenoxy) is 1. The summed E-state index contributed by atoms with van der Waals surface area (Å²) in [5.41, 5.74) is -1.50. The number of hydrogen-bond acceptors (Lipinski definition) is 7. The van der Waals surface area contributed by atoms with Gasteiger partial charge in [0.25, 0.3) is 0 Å². The Morgan fingerprint density at radius 3 is 2.40 bits per heavy atom. The van der Waals surface area contributed by atoms with Gasteiger partial charge in [-0.25, -0.2) is 17.6 Å². The molecular formula is C31H43FN4O6S.